The number of carbonyl (C=O) groups is 1. The van der Waals surface area contributed by atoms with E-state index in [-0.39, 0.29) is 23.2 Å². The van der Waals surface area contributed by atoms with Gasteiger partial charge < -0.3 is 14.8 Å². The number of allylic oxidation sites excluding steroid dienone is 5. The number of H-pyrrole nitrogens is 1. The minimum absolute atomic E-state index is 0.156. The fourth-order valence-corrected chi connectivity index (χ4v) is 9.59. The fraction of sp³-hybridized carbons (Fsp3) is 0.474. The molecule has 1 unspecified atom stereocenters. The summed E-state index contributed by atoms with van der Waals surface area (Å²) in [6, 6.07) is 11.0. The van der Waals surface area contributed by atoms with E-state index in [1.165, 1.54) is 65.2 Å². The molecule has 5 atom stereocenters. The van der Waals surface area contributed by atoms with E-state index in [2.05, 4.69) is 75.5 Å². The molecule has 1 N–H and O–H groups in total. The number of benzene rings is 1. The number of pyridine rings is 1. The third-order valence-electron chi connectivity index (χ3n) is 11.2. The van der Waals surface area contributed by atoms with Gasteiger partial charge >= 0.3 is 0 Å². The van der Waals surface area contributed by atoms with Gasteiger partial charge in [0.05, 0.1) is 17.3 Å². The third kappa shape index (κ3) is 4.29. The lowest BCUT2D eigenvalue weighted by molar-refractivity contribution is -0.116. The number of hydrogen-bond donors (Lipinski definition) is 1. The summed E-state index contributed by atoms with van der Waals surface area (Å²) < 4.78 is 0. The quantitative estimate of drug-likeness (QED) is 0.318. The van der Waals surface area contributed by atoms with Crippen LogP contribution in [0.2, 0.25) is 0 Å². The molecular weight excluding hydrogens is 528 g/mol. The molecule has 1 spiro atoms. The molecule has 8 rings (SSSR count). The largest absolute Gasteiger partial charge is 0.364 e. The number of fused-ring (bicyclic) bond motifs is 5. The second-order valence-corrected chi connectivity index (χ2v) is 13.6. The van der Waals surface area contributed by atoms with E-state index in [0.717, 1.165) is 63.1 Å². The minimum Gasteiger partial charge on any atom is -0.364 e. The Morgan fingerprint density at radius 1 is 0.953 bits per heavy atom. The lowest BCUT2D eigenvalue weighted by Gasteiger charge is -2.56. The Morgan fingerprint density at radius 2 is 1.79 bits per heavy atom. The second kappa shape index (κ2) is 10.9. The summed E-state index contributed by atoms with van der Waals surface area (Å²) in [4.78, 5) is 28.4. The summed E-state index contributed by atoms with van der Waals surface area (Å²) in [5.41, 5.74) is 7.09. The van der Waals surface area contributed by atoms with Crippen molar-refractivity contribution in [1.29, 1.82) is 0 Å². The van der Waals surface area contributed by atoms with Crippen LogP contribution in [-0.4, -0.2) is 57.8 Å². The predicted molar refractivity (Wildman–Crippen MR) is 175 cm³/mol. The zero-order valence-corrected chi connectivity index (χ0v) is 25.5. The molecule has 3 aromatic rings. The van der Waals surface area contributed by atoms with Crippen LogP contribution in [0.15, 0.2) is 83.8 Å². The number of rotatable bonds is 2. The van der Waals surface area contributed by atoms with Crippen molar-refractivity contribution in [3.63, 3.8) is 0 Å². The van der Waals surface area contributed by atoms with Crippen molar-refractivity contribution in [3.05, 3.63) is 89.4 Å². The van der Waals surface area contributed by atoms with Gasteiger partial charge in [0.2, 0.25) is 0 Å². The monoisotopic (exact) mass is 572 g/mol. The maximum absolute atomic E-state index is 14.0. The van der Waals surface area contributed by atoms with Gasteiger partial charge in [0.1, 0.15) is 0 Å². The van der Waals surface area contributed by atoms with E-state index in [1.54, 1.807) is 0 Å². The lowest BCUT2D eigenvalue weighted by atomic mass is 9.53. The van der Waals surface area contributed by atoms with E-state index in [1.807, 2.05) is 13.1 Å². The van der Waals surface area contributed by atoms with Gasteiger partial charge in [-0.15, -0.1) is 0 Å². The average molecular weight is 573 g/mol. The summed E-state index contributed by atoms with van der Waals surface area (Å²) in [5.74, 6) is 0.736. The van der Waals surface area contributed by atoms with Crippen LogP contribution in [-0.2, 0) is 4.79 Å². The number of aromatic amines is 1. The van der Waals surface area contributed by atoms with Crippen LogP contribution >= 0.6 is 0 Å². The second-order valence-electron chi connectivity index (χ2n) is 13.6. The highest BCUT2D eigenvalue weighted by Crippen LogP contribution is 2.62. The Hall–Kier alpha value is -3.44. The molecule has 1 saturated heterocycles. The fourth-order valence-electron chi connectivity index (χ4n) is 9.59. The van der Waals surface area contributed by atoms with Gasteiger partial charge in [-0.05, 0) is 108 Å². The number of ketones is 1. The van der Waals surface area contributed by atoms with E-state index in [9.17, 15) is 4.79 Å². The number of hydrogen-bond acceptors (Lipinski definition) is 4. The zero-order chi connectivity index (χ0) is 29.0. The Kier molecular flexibility index (Phi) is 6.89. The predicted octanol–water partition coefficient (Wildman–Crippen LogP) is 7.84. The van der Waals surface area contributed by atoms with Crippen molar-refractivity contribution in [1.82, 2.24) is 19.8 Å². The molecule has 0 saturated carbocycles. The van der Waals surface area contributed by atoms with Crippen molar-refractivity contribution >= 4 is 27.6 Å². The molecular formula is C38H44N4O. The SMILES string of the molecule is CC(=O)C1=C2/C=C\CCCCN2[C@H]2C3=C[C@H](c4nccc5c4[nH]c4ccccc45)[C@@H]4CCN(CCCC/C=C\CC3)C[C@]124. The average Bonchev–Trinajstić information content (AvgIpc) is 3.50. The van der Waals surface area contributed by atoms with E-state index >= 15 is 0 Å². The first kappa shape index (κ1) is 27.1. The van der Waals surface area contributed by atoms with Crippen molar-refractivity contribution in [2.24, 2.45) is 11.3 Å². The summed E-state index contributed by atoms with van der Waals surface area (Å²) >= 11 is 0. The van der Waals surface area contributed by atoms with Crippen LogP contribution in [0.1, 0.15) is 76.3 Å². The van der Waals surface area contributed by atoms with Crippen molar-refractivity contribution in [3.8, 4) is 0 Å². The number of aromatic nitrogens is 2. The van der Waals surface area contributed by atoms with Crippen molar-refractivity contribution in [2.75, 3.05) is 26.2 Å². The third-order valence-corrected chi connectivity index (χ3v) is 11.2. The van der Waals surface area contributed by atoms with Crippen LogP contribution in [0.25, 0.3) is 21.8 Å². The molecule has 6 heterocycles. The van der Waals surface area contributed by atoms with Crippen molar-refractivity contribution in [2.45, 2.75) is 76.7 Å². The highest BCUT2D eigenvalue weighted by molar-refractivity contribution is 6.08. The Balaban J connectivity index is 1.39. The van der Waals surface area contributed by atoms with Gasteiger partial charge in [0.15, 0.2) is 5.78 Å². The highest BCUT2D eigenvalue weighted by Gasteiger charge is 2.63. The summed E-state index contributed by atoms with van der Waals surface area (Å²) in [5, 5.41) is 2.51. The highest BCUT2D eigenvalue weighted by atomic mass is 16.1. The van der Waals surface area contributed by atoms with Crippen LogP contribution in [0.4, 0.5) is 0 Å². The molecule has 1 aromatic carbocycles. The maximum atomic E-state index is 14.0. The molecule has 1 aliphatic carbocycles. The van der Waals surface area contributed by atoms with Gasteiger partial charge in [0.25, 0.3) is 0 Å². The molecule has 3 bridgehead atoms. The van der Waals surface area contributed by atoms with Gasteiger partial charge in [-0.25, -0.2) is 0 Å². The summed E-state index contributed by atoms with van der Waals surface area (Å²) in [6.45, 7) is 6.05. The number of Topliss-reactive ketones (excluding diaryl/α,β-unsaturated/α-hetero) is 1. The van der Waals surface area contributed by atoms with Crippen LogP contribution in [0, 0.1) is 11.3 Å². The van der Waals surface area contributed by atoms with Crippen LogP contribution < -0.4 is 0 Å². The molecule has 5 heteroatoms. The Labute approximate surface area is 255 Å². The topological polar surface area (TPSA) is 52.2 Å². The van der Waals surface area contributed by atoms with Gasteiger partial charge in [-0.2, -0.15) is 0 Å². The molecule has 2 aromatic heterocycles. The molecule has 222 valence electrons. The number of para-hydroxylation sites is 1. The molecule has 1 fully saturated rings. The lowest BCUT2D eigenvalue weighted by Crippen LogP contribution is -2.61. The number of piperidine rings is 1. The van der Waals surface area contributed by atoms with Gasteiger partial charge in [-0.1, -0.05) is 42.5 Å². The number of nitrogens with one attached hydrogen (secondary N) is 1. The first-order chi connectivity index (χ1) is 21.2. The maximum Gasteiger partial charge on any atom is 0.158 e. The summed E-state index contributed by atoms with van der Waals surface area (Å²) in [7, 11) is 0. The number of carbonyl (C=O) groups excluding carboxylic acids is 1. The molecule has 43 heavy (non-hydrogen) atoms. The first-order valence-corrected chi connectivity index (χ1v) is 16.8. The Morgan fingerprint density at radius 3 is 2.70 bits per heavy atom. The zero-order valence-electron chi connectivity index (χ0n) is 25.5. The van der Waals surface area contributed by atoms with E-state index < -0.39 is 0 Å². The van der Waals surface area contributed by atoms with Crippen LogP contribution in [0.3, 0.4) is 0 Å². The molecule has 0 amide bonds. The standard InChI is InChI=1S/C38H44N4O/c1-26(43)34-33-17-9-5-7-13-22-42(33)37-27-14-8-4-2-3-6-12-21-41-23-19-31(38(34,37)25-41)30(24-27)35-36-29(18-20-39-35)28-15-10-11-16-32(28)40-36/h2,4,9-11,15-18,20,24,30-31,37,40H,3,5-8,12-14,19,21-23,25H2,1H3/b4-2-,17-9-/t30-,31-,37-,38-/m0/s1. The van der Waals surface area contributed by atoms with Crippen molar-refractivity contribution < 1.29 is 4.79 Å². The minimum atomic E-state index is -0.240. The van der Waals surface area contributed by atoms with E-state index in [0.29, 0.717) is 5.92 Å². The smallest absolute Gasteiger partial charge is 0.158 e. The first-order valence-electron chi connectivity index (χ1n) is 16.8. The van der Waals surface area contributed by atoms with Crippen LogP contribution in [0.5, 0.6) is 0 Å². The number of nitrogens with zero attached hydrogens (tertiary/aromatic N) is 3. The molecule has 5 nitrogen and oxygen atoms in total. The van der Waals surface area contributed by atoms with Gasteiger partial charge in [-0.3, -0.25) is 9.78 Å². The normalized spacial score (nSPS) is 32.6. The Bertz CT molecular complexity index is 1690. The molecule has 0 radical (unpaired) electrons. The molecule has 5 aliphatic rings. The van der Waals surface area contributed by atoms with E-state index in [4.69, 9.17) is 4.98 Å². The van der Waals surface area contributed by atoms with Gasteiger partial charge in [0, 0.05) is 58.2 Å². The summed E-state index contributed by atoms with van der Waals surface area (Å²) in [6.07, 6.45) is 24.4. The molecule has 4 aliphatic heterocycles.